The Morgan fingerprint density at radius 3 is 2.55 bits per heavy atom. The van der Waals surface area contributed by atoms with Gasteiger partial charge in [0.15, 0.2) is 0 Å². The highest BCUT2D eigenvalue weighted by molar-refractivity contribution is 6.05. The Labute approximate surface area is 194 Å². The Morgan fingerprint density at radius 2 is 1.79 bits per heavy atom. The highest BCUT2D eigenvalue weighted by atomic mass is 16.2. The van der Waals surface area contributed by atoms with Gasteiger partial charge in [-0.3, -0.25) is 24.6 Å². The van der Waals surface area contributed by atoms with Crippen LogP contribution in [0.1, 0.15) is 52.7 Å². The molecule has 0 saturated carbocycles. The van der Waals surface area contributed by atoms with Gasteiger partial charge in [0.1, 0.15) is 6.04 Å². The molecule has 0 spiro atoms. The third-order valence-electron chi connectivity index (χ3n) is 6.99. The number of piperidine rings is 2. The van der Waals surface area contributed by atoms with Gasteiger partial charge in [-0.05, 0) is 48.6 Å². The van der Waals surface area contributed by atoms with E-state index in [-0.39, 0.29) is 24.1 Å². The van der Waals surface area contributed by atoms with E-state index in [1.165, 1.54) is 24.0 Å². The average Bonchev–Trinajstić information content (AvgIpc) is 3.15. The maximum Gasteiger partial charge on any atom is 0.255 e. The van der Waals surface area contributed by atoms with Crippen molar-refractivity contribution in [2.45, 2.75) is 57.4 Å². The molecule has 3 amide bonds. The van der Waals surface area contributed by atoms with E-state index < -0.39 is 6.04 Å². The molecule has 0 aliphatic carbocycles. The van der Waals surface area contributed by atoms with Crippen molar-refractivity contribution >= 4 is 17.7 Å². The van der Waals surface area contributed by atoms with Gasteiger partial charge in [-0.1, -0.05) is 42.5 Å². The molecule has 2 aromatic rings. The molecule has 2 N–H and O–H groups in total. The van der Waals surface area contributed by atoms with Crippen LogP contribution in [0.4, 0.5) is 0 Å². The number of fused-ring (bicyclic) bond motifs is 1. The Bertz CT molecular complexity index is 1050. The third kappa shape index (κ3) is 4.70. The van der Waals surface area contributed by atoms with E-state index in [0.717, 1.165) is 31.7 Å². The second kappa shape index (κ2) is 9.45. The molecule has 3 aliphatic rings. The lowest BCUT2D eigenvalue weighted by atomic mass is 10.0. The van der Waals surface area contributed by atoms with Gasteiger partial charge in [0.2, 0.25) is 11.8 Å². The van der Waals surface area contributed by atoms with Gasteiger partial charge in [-0.2, -0.15) is 0 Å². The summed E-state index contributed by atoms with van der Waals surface area (Å²) in [5, 5.41) is 5.90. The standard InChI is InChI=1S/C26H30N4O3/c31-24-11-10-23(25(32)28-24)30-17-20-13-19(8-9-22(20)26(30)33)16-29(21-7-4-12-27-14-21)15-18-5-2-1-3-6-18/h1-3,5-6,8-9,13,21,23,27H,4,7,10-12,14-17H2,(H,28,31,32). The van der Waals surface area contributed by atoms with Crippen LogP contribution in [0.15, 0.2) is 48.5 Å². The molecule has 2 saturated heterocycles. The lowest BCUT2D eigenvalue weighted by Gasteiger charge is -2.35. The topological polar surface area (TPSA) is 81.8 Å². The van der Waals surface area contributed by atoms with E-state index in [1.807, 2.05) is 18.2 Å². The molecular weight excluding hydrogens is 416 g/mol. The van der Waals surface area contributed by atoms with Crippen molar-refractivity contribution in [1.82, 2.24) is 20.4 Å². The predicted molar refractivity (Wildman–Crippen MR) is 124 cm³/mol. The van der Waals surface area contributed by atoms with Gasteiger partial charge in [-0.15, -0.1) is 0 Å². The molecule has 3 heterocycles. The molecule has 3 aliphatic heterocycles. The van der Waals surface area contributed by atoms with Crippen LogP contribution < -0.4 is 10.6 Å². The van der Waals surface area contributed by atoms with Crippen LogP contribution in [0, 0.1) is 0 Å². The van der Waals surface area contributed by atoms with Crippen LogP contribution in [0.5, 0.6) is 0 Å². The number of carbonyl (C=O) groups is 3. The minimum atomic E-state index is -0.575. The van der Waals surface area contributed by atoms with E-state index in [4.69, 9.17) is 0 Å². The highest BCUT2D eigenvalue weighted by Gasteiger charge is 2.39. The van der Waals surface area contributed by atoms with Gasteiger partial charge >= 0.3 is 0 Å². The van der Waals surface area contributed by atoms with Crippen LogP contribution in [0.2, 0.25) is 0 Å². The second-order valence-corrected chi connectivity index (χ2v) is 9.28. The van der Waals surface area contributed by atoms with Crippen molar-refractivity contribution in [3.8, 4) is 0 Å². The van der Waals surface area contributed by atoms with Crippen molar-refractivity contribution in [1.29, 1.82) is 0 Å². The van der Waals surface area contributed by atoms with Gasteiger partial charge in [0.25, 0.3) is 5.91 Å². The number of nitrogens with one attached hydrogen (secondary N) is 2. The molecule has 2 fully saturated rings. The molecule has 7 nitrogen and oxygen atoms in total. The Morgan fingerprint density at radius 1 is 0.970 bits per heavy atom. The largest absolute Gasteiger partial charge is 0.322 e. The first-order valence-electron chi connectivity index (χ1n) is 11.8. The molecule has 172 valence electrons. The number of nitrogens with zero attached hydrogens (tertiary/aromatic N) is 2. The monoisotopic (exact) mass is 446 g/mol. The number of imide groups is 1. The number of hydrogen-bond acceptors (Lipinski definition) is 5. The van der Waals surface area contributed by atoms with Crippen molar-refractivity contribution in [3.63, 3.8) is 0 Å². The summed E-state index contributed by atoms with van der Waals surface area (Å²) in [5.41, 5.74) is 4.10. The van der Waals surface area contributed by atoms with Crippen LogP contribution in [-0.4, -0.2) is 52.7 Å². The first-order chi connectivity index (χ1) is 16.1. The van der Waals surface area contributed by atoms with Gasteiger partial charge < -0.3 is 10.2 Å². The molecular formula is C26H30N4O3. The summed E-state index contributed by atoms with van der Waals surface area (Å²) in [6, 6.07) is 16.5. The maximum atomic E-state index is 13.0. The first kappa shape index (κ1) is 21.8. The van der Waals surface area contributed by atoms with E-state index in [1.54, 1.807) is 4.90 Å². The average molecular weight is 447 g/mol. The fourth-order valence-corrected chi connectivity index (χ4v) is 5.24. The molecule has 5 rings (SSSR count). The first-order valence-corrected chi connectivity index (χ1v) is 11.8. The molecule has 0 radical (unpaired) electrons. The Balaban J connectivity index is 1.33. The van der Waals surface area contributed by atoms with E-state index in [0.29, 0.717) is 24.6 Å². The zero-order valence-corrected chi connectivity index (χ0v) is 18.8. The van der Waals surface area contributed by atoms with Gasteiger partial charge in [-0.25, -0.2) is 0 Å². The minimum Gasteiger partial charge on any atom is -0.322 e. The fraction of sp³-hybridized carbons (Fsp3) is 0.423. The van der Waals surface area contributed by atoms with Crippen molar-refractivity contribution in [3.05, 3.63) is 70.8 Å². The van der Waals surface area contributed by atoms with E-state index in [2.05, 4.69) is 45.9 Å². The smallest absolute Gasteiger partial charge is 0.255 e. The Hall–Kier alpha value is -3.03. The van der Waals surface area contributed by atoms with Crippen molar-refractivity contribution in [2.24, 2.45) is 0 Å². The summed E-state index contributed by atoms with van der Waals surface area (Å²) < 4.78 is 0. The summed E-state index contributed by atoms with van der Waals surface area (Å²) in [6.45, 7) is 4.16. The fourth-order valence-electron chi connectivity index (χ4n) is 5.24. The van der Waals surface area contributed by atoms with Crippen LogP contribution in [-0.2, 0) is 29.2 Å². The third-order valence-corrected chi connectivity index (χ3v) is 6.99. The number of hydrogen-bond donors (Lipinski definition) is 2. The zero-order valence-electron chi connectivity index (χ0n) is 18.8. The quantitative estimate of drug-likeness (QED) is 0.665. The second-order valence-electron chi connectivity index (χ2n) is 9.28. The van der Waals surface area contributed by atoms with Gasteiger partial charge in [0, 0.05) is 44.2 Å². The summed E-state index contributed by atoms with van der Waals surface area (Å²) >= 11 is 0. The van der Waals surface area contributed by atoms with Crippen LogP contribution in [0.25, 0.3) is 0 Å². The zero-order chi connectivity index (χ0) is 22.8. The summed E-state index contributed by atoms with van der Waals surface area (Å²) in [6.07, 6.45) is 3.00. The lowest BCUT2D eigenvalue weighted by Crippen LogP contribution is -2.52. The summed E-state index contributed by atoms with van der Waals surface area (Å²) in [7, 11) is 0. The van der Waals surface area contributed by atoms with E-state index in [9.17, 15) is 14.4 Å². The van der Waals surface area contributed by atoms with Crippen molar-refractivity contribution < 1.29 is 14.4 Å². The SMILES string of the molecule is O=C1CCC(N2Cc3cc(CN(Cc4ccccc4)C4CCCNC4)ccc3C2=O)C(=O)N1. The Kier molecular flexibility index (Phi) is 6.24. The molecule has 2 unspecified atom stereocenters. The molecule has 7 heteroatoms. The lowest BCUT2D eigenvalue weighted by molar-refractivity contribution is -0.136. The predicted octanol–water partition coefficient (Wildman–Crippen LogP) is 2.20. The highest BCUT2D eigenvalue weighted by Crippen LogP contribution is 2.29. The molecule has 33 heavy (non-hydrogen) atoms. The van der Waals surface area contributed by atoms with Crippen molar-refractivity contribution in [2.75, 3.05) is 13.1 Å². The van der Waals surface area contributed by atoms with Crippen LogP contribution >= 0.6 is 0 Å². The number of benzene rings is 2. The number of carbonyl (C=O) groups excluding carboxylic acids is 3. The molecule has 0 bridgehead atoms. The van der Waals surface area contributed by atoms with Gasteiger partial charge in [0.05, 0.1) is 0 Å². The molecule has 0 aromatic heterocycles. The number of rotatable bonds is 6. The summed E-state index contributed by atoms with van der Waals surface area (Å²) in [4.78, 5) is 40.9. The number of amides is 3. The molecule has 2 atom stereocenters. The van der Waals surface area contributed by atoms with E-state index >= 15 is 0 Å². The summed E-state index contributed by atoms with van der Waals surface area (Å²) in [5.74, 6) is -0.756. The van der Waals surface area contributed by atoms with Crippen LogP contribution in [0.3, 0.4) is 0 Å². The maximum absolute atomic E-state index is 13.0. The molecule has 2 aromatic carbocycles. The minimum absolute atomic E-state index is 0.122. The normalized spacial score (nSPS) is 23.1.